The van der Waals surface area contributed by atoms with Crippen LogP contribution >= 0.6 is 0 Å². The van der Waals surface area contributed by atoms with Crippen molar-refractivity contribution in [1.82, 2.24) is 4.90 Å². The van der Waals surface area contributed by atoms with E-state index in [0.29, 0.717) is 36.1 Å². The van der Waals surface area contributed by atoms with Crippen LogP contribution in [-0.4, -0.2) is 53.3 Å². The van der Waals surface area contributed by atoms with E-state index < -0.39 is 60.5 Å². The van der Waals surface area contributed by atoms with E-state index in [-0.39, 0.29) is 12.2 Å². The highest BCUT2D eigenvalue weighted by Gasteiger charge is 2.59. The highest BCUT2D eigenvalue weighted by atomic mass is 19.1. The van der Waals surface area contributed by atoms with Gasteiger partial charge < -0.3 is 19.5 Å². The van der Waals surface area contributed by atoms with E-state index >= 15 is 0 Å². The lowest BCUT2D eigenvalue weighted by Crippen LogP contribution is -2.46. The van der Waals surface area contributed by atoms with Crippen molar-refractivity contribution in [3.63, 3.8) is 0 Å². The van der Waals surface area contributed by atoms with Gasteiger partial charge in [0.25, 0.3) is 0 Å². The Hall–Kier alpha value is -2.98. The second-order valence-corrected chi connectivity index (χ2v) is 10.3. The number of aromatic hydroxyl groups is 1. The third-order valence-electron chi connectivity index (χ3n) is 7.82. The third kappa shape index (κ3) is 5.09. The number of likely N-dealkylation sites (tertiary alicyclic amines) is 1. The molecule has 1 aromatic rings. The smallest absolute Gasteiger partial charge is 0.455 e. The van der Waals surface area contributed by atoms with Crippen molar-refractivity contribution >= 4 is 31.1 Å². The number of rotatable bonds is 6. The monoisotopic (exact) mass is 513 g/mol. The Morgan fingerprint density at radius 3 is 2.65 bits per heavy atom. The summed E-state index contributed by atoms with van der Waals surface area (Å²) in [6, 6.07) is 4.23. The first kappa shape index (κ1) is 27.1. The molecule has 4 rings (SSSR count). The van der Waals surface area contributed by atoms with Gasteiger partial charge in [-0.05, 0) is 67.1 Å². The van der Waals surface area contributed by atoms with Gasteiger partial charge in [-0.1, -0.05) is 44.1 Å². The van der Waals surface area contributed by atoms with Crippen LogP contribution in [-0.2, 0) is 19.0 Å². The fraction of sp³-hybridized carbons (Fsp3) is 0.519. The molecule has 2 N–H and O–H groups in total. The molecule has 0 bridgehead atoms. The molecule has 3 aliphatic rings. The Labute approximate surface area is 216 Å². The molecule has 8 nitrogen and oxygen atoms in total. The van der Waals surface area contributed by atoms with Crippen LogP contribution in [0.15, 0.2) is 34.9 Å². The van der Waals surface area contributed by atoms with Gasteiger partial charge in [-0.3, -0.25) is 9.59 Å². The van der Waals surface area contributed by atoms with Gasteiger partial charge in [-0.25, -0.2) is 9.18 Å². The summed E-state index contributed by atoms with van der Waals surface area (Å²) in [5, 5.41) is 20.1. The lowest BCUT2D eigenvalue weighted by Gasteiger charge is -2.44. The Bertz CT molecular complexity index is 1160. The molecule has 0 spiro atoms. The Kier molecular flexibility index (Phi) is 7.89. The van der Waals surface area contributed by atoms with Crippen molar-refractivity contribution in [1.29, 1.82) is 0 Å². The summed E-state index contributed by atoms with van der Waals surface area (Å²) < 4.78 is 24.5. The van der Waals surface area contributed by atoms with E-state index in [1.165, 1.54) is 12.1 Å². The van der Waals surface area contributed by atoms with E-state index in [2.05, 4.69) is 4.74 Å². The second kappa shape index (κ2) is 10.8. The highest BCUT2D eigenvalue weighted by Crippen LogP contribution is 2.52. The third-order valence-corrected chi connectivity index (χ3v) is 7.82. The summed E-state index contributed by atoms with van der Waals surface area (Å²) in [5.41, 5.74) is 3.64. The van der Waals surface area contributed by atoms with Crippen LogP contribution < -0.4 is 0 Å². The SMILES string of the molecule is CC/C(=C\c1ccc(O)c(F)c1)CC[C@H]1OB(O)C[C@H]2C1=C(C(C)C)C[C@H]1C(=O)N(C(=O)OC)C(=O)[C@H]12. The molecule has 2 heterocycles. The van der Waals surface area contributed by atoms with Crippen molar-refractivity contribution in [2.45, 2.75) is 58.9 Å². The standard InChI is InChI=1S/C27H33BFNO7/c1-5-15(10-16-6-8-21(31)20(29)11-16)7-9-22-23-17(14(2)3)12-18-24(19(23)13-28(35)37-22)26(33)30(25(18)32)27(34)36-4/h6,8,10-11,14,18-19,22,24,31,35H,5,7,9,12-13H2,1-4H3/b15-10+/t18-,19+,22-,24-/m1/s1. The second-order valence-electron chi connectivity index (χ2n) is 10.3. The zero-order valence-electron chi connectivity index (χ0n) is 21.6. The minimum atomic E-state index is -1.11. The molecule has 37 heavy (non-hydrogen) atoms. The predicted molar refractivity (Wildman–Crippen MR) is 134 cm³/mol. The number of benzene rings is 1. The number of halogens is 1. The average Bonchev–Trinajstić information content (AvgIpc) is 3.12. The summed E-state index contributed by atoms with van der Waals surface area (Å²) in [6.07, 6.45) is 2.79. The Balaban J connectivity index is 1.64. The molecule has 1 aromatic carbocycles. The quantitative estimate of drug-likeness (QED) is 0.331. The van der Waals surface area contributed by atoms with Crippen molar-refractivity contribution < 1.29 is 38.3 Å². The number of hydrogen-bond donors (Lipinski definition) is 2. The van der Waals surface area contributed by atoms with Gasteiger partial charge in [-0.15, -0.1) is 0 Å². The van der Waals surface area contributed by atoms with E-state index in [4.69, 9.17) is 4.65 Å². The molecule has 0 radical (unpaired) electrons. The zero-order valence-corrected chi connectivity index (χ0v) is 21.6. The van der Waals surface area contributed by atoms with Gasteiger partial charge in [0, 0.05) is 0 Å². The number of imide groups is 3. The normalized spacial score (nSPS) is 26.1. The van der Waals surface area contributed by atoms with E-state index in [1.54, 1.807) is 6.07 Å². The largest absolute Gasteiger partial charge is 0.505 e. The first-order valence-electron chi connectivity index (χ1n) is 12.8. The molecule has 4 atom stereocenters. The molecule has 10 heteroatoms. The lowest BCUT2D eigenvalue weighted by atomic mass is 9.57. The van der Waals surface area contributed by atoms with E-state index in [0.717, 1.165) is 23.8 Å². The number of allylic oxidation sites excluding steroid dienone is 2. The van der Waals surface area contributed by atoms with Gasteiger partial charge in [0.15, 0.2) is 11.6 Å². The van der Waals surface area contributed by atoms with Crippen LogP contribution in [0.25, 0.3) is 6.08 Å². The summed E-state index contributed by atoms with van der Waals surface area (Å²) in [7, 11) is 0.0227. The van der Waals surface area contributed by atoms with Crippen LogP contribution in [0, 0.1) is 29.5 Å². The molecule has 2 aliphatic heterocycles. The van der Waals surface area contributed by atoms with Crippen LogP contribution in [0.1, 0.15) is 52.0 Å². The lowest BCUT2D eigenvalue weighted by molar-refractivity contribution is -0.137. The fourth-order valence-corrected chi connectivity index (χ4v) is 6.04. The van der Waals surface area contributed by atoms with Crippen molar-refractivity contribution in [2.24, 2.45) is 23.7 Å². The summed E-state index contributed by atoms with van der Waals surface area (Å²) in [4.78, 5) is 39.2. The topological polar surface area (TPSA) is 113 Å². The predicted octanol–water partition coefficient (Wildman–Crippen LogP) is 4.32. The molecule has 198 valence electrons. The molecular formula is C27H33BFNO7. The van der Waals surface area contributed by atoms with Gasteiger partial charge in [0.2, 0.25) is 11.8 Å². The minimum absolute atomic E-state index is 0.0797. The number of ether oxygens (including phenoxy) is 1. The first-order chi connectivity index (χ1) is 17.6. The molecular weight excluding hydrogens is 480 g/mol. The number of carbonyl (C=O) groups is 3. The van der Waals surface area contributed by atoms with Crippen LogP contribution in [0.4, 0.5) is 9.18 Å². The number of nitrogens with zero attached hydrogens (tertiary/aromatic N) is 1. The number of methoxy groups -OCH3 is 1. The minimum Gasteiger partial charge on any atom is -0.505 e. The maximum atomic E-state index is 13.8. The number of phenolic OH excluding ortho intramolecular Hbond substituents is 1. The van der Waals surface area contributed by atoms with E-state index in [1.807, 2.05) is 26.8 Å². The van der Waals surface area contributed by atoms with Crippen LogP contribution in [0.5, 0.6) is 5.75 Å². The van der Waals surface area contributed by atoms with Gasteiger partial charge in [-0.2, -0.15) is 4.90 Å². The fourth-order valence-electron chi connectivity index (χ4n) is 6.04. The molecule has 1 aliphatic carbocycles. The maximum Gasteiger partial charge on any atom is 0.455 e. The van der Waals surface area contributed by atoms with E-state index in [9.17, 15) is 28.9 Å². The molecule has 3 amide bonds. The highest BCUT2D eigenvalue weighted by molar-refractivity contribution is 6.43. The first-order valence-corrected chi connectivity index (χ1v) is 12.8. The Morgan fingerprint density at radius 1 is 1.30 bits per heavy atom. The maximum absolute atomic E-state index is 13.8. The number of phenols is 1. The van der Waals surface area contributed by atoms with Crippen LogP contribution in [0.3, 0.4) is 0 Å². The van der Waals surface area contributed by atoms with Crippen molar-refractivity contribution in [2.75, 3.05) is 7.11 Å². The molecule has 0 aromatic heterocycles. The zero-order chi connectivity index (χ0) is 27.0. The number of amides is 3. The van der Waals surface area contributed by atoms with Gasteiger partial charge in [0.05, 0.1) is 25.0 Å². The Morgan fingerprint density at radius 2 is 2.03 bits per heavy atom. The van der Waals surface area contributed by atoms with Crippen LogP contribution in [0.2, 0.25) is 6.32 Å². The molecule has 0 saturated carbocycles. The summed E-state index contributed by atoms with van der Waals surface area (Å²) in [5.74, 6) is -3.97. The summed E-state index contributed by atoms with van der Waals surface area (Å²) in [6.45, 7) is 6.05. The molecule has 0 unspecified atom stereocenters. The number of hydrogen-bond acceptors (Lipinski definition) is 7. The van der Waals surface area contributed by atoms with Crippen molar-refractivity contribution in [3.05, 3.63) is 46.3 Å². The number of fused-ring (bicyclic) bond motifs is 3. The number of carbonyl (C=O) groups excluding carboxylic acids is 3. The average molecular weight is 513 g/mol. The van der Waals surface area contributed by atoms with Crippen molar-refractivity contribution in [3.8, 4) is 5.75 Å². The molecule has 2 saturated heterocycles. The molecule has 2 fully saturated rings. The van der Waals surface area contributed by atoms with Gasteiger partial charge >= 0.3 is 13.2 Å². The van der Waals surface area contributed by atoms with Gasteiger partial charge in [0.1, 0.15) is 0 Å². The summed E-state index contributed by atoms with van der Waals surface area (Å²) >= 11 is 0.